The van der Waals surface area contributed by atoms with Crippen molar-refractivity contribution in [2.75, 3.05) is 0 Å². The SMILES string of the molecule is Cl.NC1(c2noc(-c3cc(Cl)cc(Cl)c3)n2)CCC1. The maximum Gasteiger partial charge on any atom is 0.258 e. The zero-order valence-electron chi connectivity index (χ0n) is 9.90. The molecule has 1 saturated carbocycles. The molecule has 1 aromatic heterocycles. The van der Waals surface area contributed by atoms with Crippen molar-refractivity contribution < 1.29 is 4.52 Å². The zero-order valence-corrected chi connectivity index (χ0v) is 12.2. The molecular weight excluding hydrogens is 309 g/mol. The van der Waals surface area contributed by atoms with Gasteiger partial charge in [0.1, 0.15) is 0 Å². The predicted molar refractivity (Wildman–Crippen MR) is 76.7 cm³/mol. The second kappa shape index (κ2) is 5.29. The Kier molecular flexibility index (Phi) is 4.06. The zero-order chi connectivity index (χ0) is 12.8. The summed E-state index contributed by atoms with van der Waals surface area (Å²) in [5.74, 6) is 0.950. The van der Waals surface area contributed by atoms with E-state index in [9.17, 15) is 0 Å². The summed E-state index contributed by atoms with van der Waals surface area (Å²) in [6.45, 7) is 0. The molecule has 7 heteroatoms. The number of nitrogens with two attached hydrogens (primary N) is 1. The smallest absolute Gasteiger partial charge is 0.258 e. The standard InChI is InChI=1S/C12H11Cl2N3O.ClH/c13-8-4-7(5-9(14)6-8)10-16-11(17-18-10)12(15)2-1-3-12;/h4-6H,1-3,15H2;1H. The maximum atomic E-state index is 6.14. The van der Waals surface area contributed by atoms with Crippen molar-refractivity contribution in [3.8, 4) is 11.5 Å². The van der Waals surface area contributed by atoms with E-state index in [1.165, 1.54) is 0 Å². The van der Waals surface area contributed by atoms with E-state index in [1.54, 1.807) is 18.2 Å². The third-order valence-corrected chi connectivity index (χ3v) is 3.66. The Morgan fingerprint density at radius 1 is 1.16 bits per heavy atom. The van der Waals surface area contributed by atoms with E-state index in [1.807, 2.05) is 0 Å². The average Bonchev–Trinajstić information content (AvgIpc) is 2.74. The van der Waals surface area contributed by atoms with Gasteiger partial charge in [0.25, 0.3) is 5.89 Å². The first-order valence-electron chi connectivity index (χ1n) is 5.66. The highest BCUT2D eigenvalue weighted by atomic mass is 35.5. The predicted octanol–water partition coefficient (Wildman–Crippen LogP) is 3.80. The molecular formula is C12H12Cl3N3O. The minimum atomic E-state index is -0.426. The molecule has 4 nitrogen and oxygen atoms in total. The average molecular weight is 321 g/mol. The van der Waals surface area contributed by atoms with Crippen molar-refractivity contribution in [3.63, 3.8) is 0 Å². The molecule has 1 aliphatic carbocycles. The number of halogens is 3. The Morgan fingerprint density at radius 2 is 1.79 bits per heavy atom. The van der Waals surface area contributed by atoms with Gasteiger partial charge in [0, 0.05) is 15.6 Å². The van der Waals surface area contributed by atoms with E-state index in [4.69, 9.17) is 33.5 Å². The van der Waals surface area contributed by atoms with Gasteiger partial charge in [-0.25, -0.2) is 0 Å². The molecule has 0 atom stereocenters. The summed E-state index contributed by atoms with van der Waals surface area (Å²) in [6, 6.07) is 5.11. The van der Waals surface area contributed by atoms with Crippen LogP contribution in [0.25, 0.3) is 11.5 Å². The molecule has 1 aromatic carbocycles. The highest BCUT2D eigenvalue weighted by Gasteiger charge is 2.39. The monoisotopic (exact) mass is 319 g/mol. The van der Waals surface area contributed by atoms with Crippen molar-refractivity contribution in [2.24, 2.45) is 5.73 Å². The lowest BCUT2D eigenvalue weighted by atomic mass is 9.77. The van der Waals surface area contributed by atoms with Crippen LogP contribution in [0.3, 0.4) is 0 Å². The van der Waals surface area contributed by atoms with Crippen molar-refractivity contribution >= 4 is 35.6 Å². The van der Waals surface area contributed by atoms with Gasteiger partial charge in [0.05, 0.1) is 5.54 Å². The molecule has 1 fully saturated rings. The molecule has 0 spiro atoms. The van der Waals surface area contributed by atoms with E-state index >= 15 is 0 Å². The molecule has 0 bridgehead atoms. The first-order valence-corrected chi connectivity index (χ1v) is 6.42. The fraction of sp³-hybridized carbons (Fsp3) is 0.333. The lowest BCUT2D eigenvalue weighted by Crippen LogP contribution is -2.44. The molecule has 2 aromatic rings. The summed E-state index contributed by atoms with van der Waals surface area (Å²) in [4.78, 5) is 4.34. The molecule has 0 aliphatic heterocycles. The van der Waals surface area contributed by atoms with Crippen molar-refractivity contribution in [2.45, 2.75) is 24.8 Å². The fourth-order valence-corrected chi connectivity index (χ4v) is 2.53. The van der Waals surface area contributed by atoms with E-state index in [2.05, 4.69) is 10.1 Å². The lowest BCUT2D eigenvalue weighted by molar-refractivity contribution is 0.229. The lowest BCUT2D eigenvalue weighted by Gasteiger charge is -2.34. The Hall–Kier alpha value is -0.810. The van der Waals surface area contributed by atoms with Crippen LogP contribution < -0.4 is 5.73 Å². The van der Waals surface area contributed by atoms with Crippen LogP contribution in [-0.4, -0.2) is 10.1 Å². The normalized spacial score (nSPS) is 16.6. The van der Waals surface area contributed by atoms with Crippen LogP contribution in [0, 0.1) is 0 Å². The van der Waals surface area contributed by atoms with Gasteiger partial charge < -0.3 is 10.3 Å². The molecule has 0 radical (unpaired) electrons. The first kappa shape index (κ1) is 14.6. The molecule has 1 heterocycles. The van der Waals surface area contributed by atoms with Gasteiger partial charge in [-0.05, 0) is 37.5 Å². The van der Waals surface area contributed by atoms with Gasteiger partial charge in [0.15, 0.2) is 5.82 Å². The highest BCUT2D eigenvalue weighted by molar-refractivity contribution is 6.35. The van der Waals surface area contributed by atoms with Gasteiger partial charge in [0.2, 0.25) is 0 Å². The quantitative estimate of drug-likeness (QED) is 0.914. The van der Waals surface area contributed by atoms with E-state index in [-0.39, 0.29) is 12.4 Å². The third-order valence-electron chi connectivity index (χ3n) is 3.23. The summed E-state index contributed by atoms with van der Waals surface area (Å²) in [5, 5.41) is 5.01. The number of hydrogen-bond donors (Lipinski definition) is 1. The Morgan fingerprint density at radius 3 is 2.32 bits per heavy atom. The van der Waals surface area contributed by atoms with E-state index < -0.39 is 5.54 Å². The maximum absolute atomic E-state index is 6.14. The molecule has 0 unspecified atom stereocenters. The number of hydrogen-bond acceptors (Lipinski definition) is 4. The summed E-state index contributed by atoms with van der Waals surface area (Å²) in [7, 11) is 0. The van der Waals surface area contributed by atoms with Crippen molar-refractivity contribution in [1.82, 2.24) is 10.1 Å². The molecule has 0 saturated heterocycles. The topological polar surface area (TPSA) is 64.9 Å². The Labute approximate surface area is 126 Å². The number of rotatable bonds is 2. The molecule has 0 amide bonds. The minimum Gasteiger partial charge on any atom is -0.334 e. The second-order valence-electron chi connectivity index (χ2n) is 4.59. The van der Waals surface area contributed by atoms with Crippen LogP contribution in [0.5, 0.6) is 0 Å². The molecule has 2 N–H and O–H groups in total. The third kappa shape index (κ3) is 2.72. The molecule has 3 rings (SSSR count). The van der Waals surface area contributed by atoms with Crippen LogP contribution >= 0.6 is 35.6 Å². The first-order chi connectivity index (χ1) is 8.57. The number of aromatic nitrogens is 2. The Balaban J connectivity index is 0.00000133. The van der Waals surface area contributed by atoms with Gasteiger partial charge in [-0.15, -0.1) is 12.4 Å². The van der Waals surface area contributed by atoms with Gasteiger partial charge in [-0.2, -0.15) is 4.98 Å². The van der Waals surface area contributed by atoms with Gasteiger partial charge in [-0.1, -0.05) is 28.4 Å². The molecule has 19 heavy (non-hydrogen) atoms. The van der Waals surface area contributed by atoms with Crippen LogP contribution in [0.4, 0.5) is 0 Å². The summed E-state index contributed by atoms with van der Waals surface area (Å²) >= 11 is 11.9. The number of benzene rings is 1. The van der Waals surface area contributed by atoms with Crippen LogP contribution in [0.2, 0.25) is 10.0 Å². The van der Waals surface area contributed by atoms with E-state index in [0.29, 0.717) is 27.3 Å². The number of nitrogens with zero attached hydrogens (tertiary/aromatic N) is 2. The summed E-state index contributed by atoms with van der Waals surface area (Å²) in [6.07, 6.45) is 2.88. The second-order valence-corrected chi connectivity index (χ2v) is 5.46. The van der Waals surface area contributed by atoms with Crippen LogP contribution in [0.1, 0.15) is 25.1 Å². The molecule has 1 aliphatic rings. The minimum absolute atomic E-state index is 0. The van der Waals surface area contributed by atoms with Gasteiger partial charge >= 0.3 is 0 Å². The largest absolute Gasteiger partial charge is 0.334 e. The molecule has 102 valence electrons. The van der Waals surface area contributed by atoms with E-state index in [0.717, 1.165) is 19.3 Å². The Bertz CT molecular complexity index is 575. The summed E-state index contributed by atoms with van der Waals surface area (Å²) < 4.78 is 5.22. The van der Waals surface area contributed by atoms with Crippen LogP contribution in [0.15, 0.2) is 22.7 Å². The van der Waals surface area contributed by atoms with Crippen LogP contribution in [-0.2, 0) is 5.54 Å². The van der Waals surface area contributed by atoms with Crippen molar-refractivity contribution in [3.05, 3.63) is 34.1 Å². The van der Waals surface area contributed by atoms with Gasteiger partial charge in [-0.3, -0.25) is 0 Å². The highest BCUT2D eigenvalue weighted by Crippen LogP contribution is 2.38. The fourth-order valence-electron chi connectivity index (χ4n) is 2.00. The van der Waals surface area contributed by atoms with Crippen molar-refractivity contribution in [1.29, 1.82) is 0 Å². The summed E-state index contributed by atoms with van der Waals surface area (Å²) in [5.41, 5.74) is 6.41.